The monoisotopic (exact) mass is 184 g/mol. The molecule has 0 amide bonds. The number of carbonyl (C=O) groups is 1. The molecule has 3 heteroatoms. The average Bonchev–Trinajstić information content (AvgIpc) is 2.05. The molecule has 74 valence electrons. The molecular weight excluding hydrogens is 168 g/mol. The minimum Gasteiger partial charge on any atom is -0.481 e. The molecule has 0 unspecified atom stereocenters. The molecule has 2 N–H and O–H groups in total. The third-order valence-corrected chi connectivity index (χ3v) is 1.95. The van der Waals surface area contributed by atoms with Gasteiger partial charge >= 0.3 is 0 Å². The van der Waals surface area contributed by atoms with Crippen LogP contribution < -0.4 is 0 Å². The van der Waals surface area contributed by atoms with E-state index in [1.165, 1.54) is 6.42 Å². The van der Waals surface area contributed by atoms with Crippen LogP contribution in [0.5, 0.6) is 0 Å². The lowest BCUT2D eigenvalue weighted by Gasteiger charge is -2.26. The SMILES string of the molecule is C#CC1(O)CCCCC1.CC(=O)O. The van der Waals surface area contributed by atoms with Crippen molar-refractivity contribution in [2.75, 3.05) is 0 Å². The zero-order valence-corrected chi connectivity index (χ0v) is 7.92. The minimum atomic E-state index is -0.833. The fourth-order valence-electron chi connectivity index (χ4n) is 1.28. The molecule has 0 spiro atoms. The maximum absolute atomic E-state index is 9.44. The molecule has 1 saturated carbocycles. The Morgan fingerprint density at radius 1 is 1.38 bits per heavy atom. The maximum Gasteiger partial charge on any atom is 0.300 e. The van der Waals surface area contributed by atoms with Gasteiger partial charge in [0.1, 0.15) is 5.60 Å². The highest BCUT2D eigenvalue weighted by atomic mass is 16.4. The number of aliphatic hydroxyl groups is 1. The molecular formula is C10H16O3. The van der Waals surface area contributed by atoms with Crippen LogP contribution in [0.2, 0.25) is 0 Å². The summed E-state index contributed by atoms with van der Waals surface area (Å²) in [5, 5.41) is 16.9. The molecule has 0 aromatic rings. The summed E-state index contributed by atoms with van der Waals surface area (Å²) in [6, 6.07) is 0. The number of rotatable bonds is 0. The van der Waals surface area contributed by atoms with Crippen LogP contribution in [-0.2, 0) is 4.79 Å². The van der Waals surface area contributed by atoms with Crippen LogP contribution >= 0.6 is 0 Å². The van der Waals surface area contributed by atoms with Crippen molar-refractivity contribution in [3.8, 4) is 12.3 Å². The normalized spacial score (nSPS) is 19.2. The predicted octanol–water partition coefficient (Wildman–Crippen LogP) is 1.41. The quantitative estimate of drug-likeness (QED) is 0.559. The van der Waals surface area contributed by atoms with E-state index in [4.69, 9.17) is 16.3 Å². The Balaban J connectivity index is 0.000000310. The largest absolute Gasteiger partial charge is 0.481 e. The van der Waals surface area contributed by atoms with Crippen LogP contribution in [0.4, 0.5) is 0 Å². The van der Waals surface area contributed by atoms with Gasteiger partial charge in [-0.25, -0.2) is 0 Å². The van der Waals surface area contributed by atoms with Gasteiger partial charge in [0, 0.05) is 6.92 Å². The highest BCUT2D eigenvalue weighted by molar-refractivity contribution is 5.62. The second-order valence-corrected chi connectivity index (χ2v) is 3.26. The third-order valence-electron chi connectivity index (χ3n) is 1.95. The van der Waals surface area contributed by atoms with Gasteiger partial charge in [-0.15, -0.1) is 6.42 Å². The van der Waals surface area contributed by atoms with Crippen molar-refractivity contribution in [3.05, 3.63) is 0 Å². The smallest absolute Gasteiger partial charge is 0.300 e. The fraction of sp³-hybridized carbons (Fsp3) is 0.700. The molecule has 0 atom stereocenters. The maximum atomic E-state index is 9.44. The van der Waals surface area contributed by atoms with Gasteiger partial charge in [0.05, 0.1) is 0 Å². The molecule has 13 heavy (non-hydrogen) atoms. The summed E-state index contributed by atoms with van der Waals surface area (Å²) in [5.41, 5.74) is -0.752. The standard InChI is InChI=1S/C8H12O.C2H4O2/c1-2-8(9)6-4-3-5-7-8;1-2(3)4/h1,9H,3-7H2;1H3,(H,3,4). The first kappa shape index (κ1) is 12.0. The average molecular weight is 184 g/mol. The van der Waals surface area contributed by atoms with E-state index in [1.54, 1.807) is 0 Å². The van der Waals surface area contributed by atoms with Crippen LogP contribution in [0.1, 0.15) is 39.0 Å². The summed E-state index contributed by atoms with van der Waals surface area (Å²) in [6.45, 7) is 1.08. The van der Waals surface area contributed by atoms with Gasteiger partial charge in [-0.05, 0) is 25.7 Å². The molecule has 0 radical (unpaired) electrons. The van der Waals surface area contributed by atoms with Crippen LogP contribution in [-0.4, -0.2) is 21.8 Å². The highest BCUT2D eigenvalue weighted by Crippen LogP contribution is 2.26. The topological polar surface area (TPSA) is 57.5 Å². The first-order valence-electron chi connectivity index (χ1n) is 4.40. The molecule has 0 bridgehead atoms. The Hall–Kier alpha value is -1.01. The second-order valence-electron chi connectivity index (χ2n) is 3.26. The van der Waals surface area contributed by atoms with E-state index in [0.717, 1.165) is 32.6 Å². The van der Waals surface area contributed by atoms with Gasteiger partial charge < -0.3 is 10.2 Å². The van der Waals surface area contributed by atoms with Crippen molar-refractivity contribution in [2.45, 2.75) is 44.6 Å². The molecule has 1 aliphatic rings. The Labute approximate surface area is 78.8 Å². The van der Waals surface area contributed by atoms with E-state index in [2.05, 4.69) is 5.92 Å². The molecule has 1 rings (SSSR count). The number of hydrogen-bond acceptors (Lipinski definition) is 2. The molecule has 0 saturated heterocycles. The number of hydrogen-bond donors (Lipinski definition) is 2. The van der Waals surface area contributed by atoms with E-state index in [-0.39, 0.29) is 0 Å². The van der Waals surface area contributed by atoms with Gasteiger partial charge in [0.15, 0.2) is 0 Å². The van der Waals surface area contributed by atoms with Crippen LogP contribution in [0.25, 0.3) is 0 Å². The van der Waals surface area contributed by atoms with Gasteiger partial charge in [-0.3, -0.25) is 4.79 Å². The van der Waals surface area contributed by atoms with Crippen LogP contribution in [0.15, 0.2) is 0 Å². The molecule has 0 aromatic heterocycles. The summed E-state index contributed by atoms with van der Waals surface area (Å²) < 4.78 is 0. The summed E-state index contributed by atoms with van der Waals surface area (Å²) in [5.74, 6) is 1.60. The van der Waals surface area contributed by atoms with Crippen molar-refractivity contribution in [2.24, 2.45) is 0 Å². The van der Waals surface area contributed by atoms with Crippen molar-refractivity contribution >= 4 is 5.97 Å². The van der Waals surface area contributed by atoms with Gasteiger partial charge in [0.2, 0.25) is 0 Å². The first-order valence-corrected chi connectivity index (χ1v) is 4.40. The van der Waals surface area contributed by atoms with Crippen molar-refractivity contribution in [1.29, 1.82) is 0 Å². The molecule has 0 aliphatic heterocycles. The molecule has 0 aromatic carbocycles. The van der Waals surface area contributed by atoms with E-state index < -0.39 is 11.6 Å². The van der Waals surface area contributed by atoms with E-state index in [1.807, 2.05) is 0 Å². The molecule has 3 nitrogen and oxygen atoms in total. The van der Waals surface area contributed by atoms with Crippen molar-refractivity contribution in [1.82, 2.24) is 0 Å². The van der Waals surface area contributed by atoms with Crippen LogP contribution in [0.3, 0.4) is 0 Å². The Morgan fingerprint density at radius 3 is 2.00 bits per heavy atom. The van der Waals surface area contributed by atoms with Gasteiger partial charge in [-0.2, -0.15) is 0 Å². The summed E-state index contributed by atoms with van der Waals surface area (Å²) in [4.78, 5) is 9.00. The number of terminal acetylenes is 1. The lowest BCUT2D eigenvalue weighted by molar-refractivity contribution is -0.134. The van der Waals surface area contributed by atoms with Crippen molar-refractivity contribution in [3.63, 3.8) is 0 Å². The van der Waals surface area contributed by atoms with E-state index in [9.17, 15) is 5.11 Å². The van der Waals surface area contributed by atoms with Crippen molar-refractivity contribution < 1.29 is 15.0 Å². The number of carboxylic acids is 1. The predicted molar refractivity (Wildman–Crippen MR) is 50.2 cm³/mol. The molecule has 0 heterocycles. The number of carboxylic acid groups (broad SMARTS) is 1. The zero-order chi connectivity index (χ0) is 10.3. The van der Waals surface area contributed by atoms with E-state index in [0.29, 0.717) is 0 Å². The summed E-state index contributed by atoms with van der Waals surface area (Å²) >= 11 is 0. The first-order chi connectivity index (χ1) is 6.00. The molecule has 1 fully saturated rings. The summed E-state index contributed by atoms with van der Waals surface area (Å²) in [6.07, 6.45) is 10.1. The third kappa shape index (κ3) is 6.18. The number of aliphatic carboxylic acids is 1. The highest BCUT2D eigenvalue weighted by Gasteiger charge is 2.25. The zero-order valence-electron chi connectivity index (χ0n) is 7.92. The fourth-order valence-corrected chi connectivity index (χ4v) is 1.28. The Kier molecular flexibility index (Phi) is 5.17. The van der Waals surface area contributed by atoms with Crippen LogP contribution in [0, 0.1) is 12.3 Å². The Bertz CT molecular complexity index is 193. The lowest BCUT2D eigenvalue weighted by atomic mass is 9.86. The summed E-state index contributed by atoms with van der Waals surface area (Å²) in [7, 11) is 0. The second kappa shape index (κ2) is 5.60. The van der Waals surface area contributed by atoms with Gasteiger partial charge in [-0.1, -0.05) is 12.3 Å². The lowest BCUT2D eigenvalue weighted by Crippen LogP contribution is -2.28. The van der Waals surface area contributed by atoms with Gasteiger partial charge in [0.25, 0.3) is 5.97 Å². The van der Waals surface area contributed by atoms with E-state index >= 15 is 0 Å². The minimum absolute atomic E-state index is 0.752. The Morgan fingerprint density at radius 2 is 1.77 bits per heavy atom. The molecule has 1 aliphatic carbocycles.